The van der Waals surface area contributed by atoms with Gasteiger partial charge in [-0.2, -0.15) is 11.8 Å². The van der Waals surface area contributed by atoms with Gasteiger partial charge in [-0.25, -0.2) is 4.98 Å². The molecule has 1 aliphatic heterocycles. The van der Waals surface area contributed by atoms with Crippen LogP contribution in [0, 0.1) is 0 Å². The SMILES string of the molecule is CCC1SCCSC1c1nc(CCC(=O)OC)cs1. The van der Waals surface area contributed by atoms with E-state index in [1.807, 2.05) is 11.8 Å². The summed E-state index contributed by atoms with van der Waals surface area (Å²) >= 11 is 5.83. The van der Waals surface area contributed by atoms with Gasteiger partial charge in [0.15, 0.2) is 0 Å². The van der Waals surface area contributed by atoms with Gasteiger partial charge >= 0.3 is 5.97 Å². The van der Waals surface area contributed by atoms with Gasteiger partial charge in [0.2, 0.25) is 0 Å². The van der Waals surface area contributed by atoms with Crippen LogP contribution < -0.4 is 0 Å². The van der Waals surface area contributed by atoms with Crippen LogP contribution >= 0.6 is 34.9 Å². The van der Waals surface area contributed by atoms with E-state index in [1.165, 1.54) is 30.0 Å². The molecule has 0 saturated carbocycles. The van der Waals surface area contributed by atoms with E-state index >= 15 is 0 Å². The van der Waals surface area contributed by atoms with Crippen molar-refractivity contribution in [3.05, 3.63) is 16.1 Å². The molecular formula is C13H19NO2S3. The summed E-state index contributed by atoms with van der Waals surface area (Å²) in [5.74, 6) is 2.30. The fourth-order valence-electron chi connectivity index (χ4n) is 2.03. The molecule has 3 nitrogen and oxygen atoms in total. The molecule has 1 fully saturated rings. The zero-order chi connectivity index (χ0) is 13.7. The number of carbonyl (C=O) groups is 1. The molecule has 2 unspecified atom stereocenters. The van der Waals surface area contributed by atoms with Gasteiger partial charge in [0.25, 0.3) is 0 Å². The number of esters is 1. The Kier molecular flexibility index (Phi) is 6.04. The van der Waals surface area contributed by atoms with Crippen molar-refractivity contribution in [2.45, 2.75) is 36.7 Å². The summed E-state index contributed by atoms with van der Waals surface area (Å²) in [6.07, 6.45) is 2.30. The number of hydrogen-bond acceptors (Lipinski definition) is 6. The molecule has 0 N–H and O–H groups in total. The van der Waals surface area contributed by atoms with Crippen LogP contribution in [0.1, 0.15) is 35.7 Å². The monoisotopic (exact) mass is 317 g/mol. The van der Waals surface area contributed by atoms with Crippen LogP contribution in [-0.2, 0) is 16.0 Å². The predicted octanol–water partition coefficient (Wildman–Crippen LogP) is 3.55. The van der Waals surface area contributed by atoms with Crippen LogP contribution in [0.25, 0.3) is 0 Å². The van der Waals surface area contributed by atoms with Gasteiger partial charge in [0, 0.05) is 28.6 Å². The molecular weight excluding hydrogens is 298 g/mol. The minimum atomic E-state index is -0.163. The molecule has 1 saturated heterocycles. The first kappa shape index (κ1) is 15.2. The number of methoxy groups -OCH3 is 1. The average molecular weight is 318 g/mol. The lowest BCUT2D eigenvalue weighted by molar-refractivity contribution is -0.140. The fourth-order valence-corrected chi connectivity index (χ4v) is 6.32. The Morgan fingerprint density at radius 1 is 1.47 bits per heavy atom. The minimum absolute atomic E-state index is 0.163. The van der Waals surface area contributed by atoms with Crippen LogP contribution in [-0.4, -0.2) is 34.8 Å². The maximum absolute atomic E-state index is 11.1. The number of aromatic nitrogens is 1. The number of nitrogens with zero attached hydrogens (tertiary/aromatic N) is 1. The maximum atomic E-state index is 11.1. The number of rotatable bonds is 5. The molecule has 0 aromatic carbocycles. The van der Waals surface area contributed by atoms with Crippen molar-refractivity contribution >= 4 is 40.8 Å². The van der Waals surface area contributed by atoms with E-state index < -0.39 is 0 Å². The average Bonchev–Trinajstić information content (AvgIpc) is 2.93. The zero-order valence-corrected chi connectivity index (χ0v) is 13.7. The van der Waals surface area contributed by atoms with Crippen LogP contribution in [0.2, 0.25) is 0 Å². The standard InChI is InChI=1S/C13H19NO2S3/c1-3-10-12(18-7-6-17-10)13-14-9(8-19-13)4-5-11(15)16-2/h8,10,12H,3-7H2,1-2H3. The van der Waals surface area contributed by atoms with Crippen molar-refractivity contribution in [3.8, 4) is 0 Å². The molecule has 0 bridgehead atoms. The van der Waals surface area contributed by atoms with Crippen LogP contribution in [0.5, 0.6) is 0 Å². The molecule has 19 heavy (non-hydrogen) atoms. The zero-order valence-electron chi connectivity index (χ0n) is 11.3. The molecule has 0 radical (unpaired) electrons. The summed E-state index contributed by atoms with van der Waals surface area (Å²) in [6.45, 7) is 2.25. The second-order valence-electron chi connectivity index (χ2n) is 4.36. The second kappa shape index (κ2) is 7.55. The third kappa shape index (κ3) is 4.13. The third-order valence-corrected chi connectivity index (χ3v) is 7.46. The predicted molar refractivity (Wildman–Crippen MR) is 84.2 cm³/mol. The Morgan fingerprint density at radius 3 is 3.00 bits per heavy atom. The molecule has 2 atom stereocenters. The molecule has 1 aromatic heterocycles. The van der Waals surface area contributed by atoms with Crippen LogP contribution in [0.15, 0.2) is 5.38 Å². The summed E-state index contributed by atoms with van der Waals surface area (Å²) in [6, 6.07) is 0. The van der Waals surface area contributed by atoms with Crippen molar-refractivity contribution in [1.29, 1.82) is 0 Å². The lowest BCUT2D eigenvalue weighted by Crippen LogP contribution is -2.18. The van der Waals surface area contributed by atoms with E-state index in [0.29, 0.717) is 23.3 Å². The Morgan fingerprint density at radius 2 is 2.26 bits per heavy atom. The Bertz CT molecular complexity index is 422. The molecule has 0 aliphatic carbocycles. The molecule has 1 aromatic rings. The number of aryl methyl sites for hydroxylation is 1. The highest BCUT2D eigenvalue weighted by atomic mass is 32.2. The summed E-state index contributed by atoms with van der Waals surface area (Å²) < 4.78 is 4.66. The summed E-state index contributed by atoms with van der Waals surface area (Å²) in [4.78, 5) is 15.9. The molecule has 6 heteroatoms. The highest BCUT2D eigenvalue weighted by Crippen LogP contribution is 2.44. The Labute approximate surface area is 126 Å². The third-order valence-electron chi connectivity index (χ3n) is 3.08. The number of thiazole rings is 1. The molecule has 0 amide bonds. The molecule has 0 spiro atoms. The number of hydrogen-bond donors (Lipinski definition) is 0. The van der Waals surface area contributed by atoms with Crippen molar-refractivity contribution < 1.29 is 9.53 Å². The fraction of sp³-hybridized carbons (Fsp3) is 0.692. The Hall–Kier alpha value is -0.200. The molecule has 1 aliphatic rings. The molecule has 2 heterocycles. The first-order valence-corrected chi connectivity index (χ1v) is 9.46. The van der Waals surface area contributed by atoms with E-state index in [9.17, 15) is 4.79 Å². The largest absolute Gasteiger partial charge is 0.469 e. The topological polar surface area (TPSA) is 39.2 Å². The quantitative estimate of drug-likeness (QED) is 0.777. The van der Waals surface area contributed by atoms with E-state index in [-0.39, 0.29) is 5.97 Å². The van der Waals surface area contributed by atoms with Crippen LogP contribution in [0.3, 0.4) is 0 Å². The molecule has 2 rings (SSSR count). The Balaban J connectivity index is 1.97. The van der Waals surface area contributed by atoms with E-state index in [2.05, 4.69) is 28.8 Å². The van der Waals surface area contributed by atoms with Gasteiger partial charge in [-0.05, 0) is 6.42 Å². The van der Waals surface area contributed by atoms with E-state index in [1.54, 1.807) is 11.3 Å². The van der Waals surface area contributed by atoms with Crippen molar-refractivity contribution in [3.63, 3.8) is 0 Å². The maximum Gasteiger partial charge on any atom is 0.305 e. The van der Waals surface area contributed by atoms with E-state index in [0.717, 1.165) is 5.69 Å². The number of thioether (sulfide) groups is 2. The van der Waals surface area contributed by atoms with Gasteiger partial charge in [-0.1, -0.05) is 6.92 Å². The lowest BCUT2D eigenvalue weighted by Gasteiger charge is -2.28. The number of ether oxygens (including phenoxy) is 1. The van der Waals surface area contributed by atoms with Gasteiger partial charge in [0.1, 0.15) is 5.01 Å². The molecule has 106 valence electrons. The smallest absolute Gasteiger partial charge is 0.305 e. The highest BCUT2D eigenvalue weighted by molar-refractivity contribution is 8.06. The van der Waals surface area contributed by atoms with Crippen molar-refractivity contribution in [2.24, 2.45) is 0 Å². The second-order valence-corrected chi connectivity index (χ2v) is 7.85. The van der Waals surface area contributed by atoms with Gasteiger partial charge in [-0.3, -0.25) is 4.79 Å². The van der Waals surface area contributed by atoms with Gasteiger partial charge < -0.3 is 4.74 Å². The van der Waals surface area contributed by atoms with Crippen molar-refractivity contribution in [1.82, 2.24) is 4.98 Å². The summed E-state index contributed by atoms with van der Waals surface area (Å²) in [5, 5.41) is 4.52. The van der Waals surface area contributed by atoms with Gasteiger partial charge in [-0.15, -0.1) is 23.1 Å². The minimum Gasteiger partial charge on any atom is -0.469 e. The first-order chi connectivity index (χ1) is 9.24. The van der Waals surface area contributed by atoms with Gasteiger partial charge in [0.05, 0.1) is 24.5 Å². The van der Waals surface area contributed by atoms with Crippen molar-refractivity contribution in [2.75, 3.05) is 18.6 Å². The normalized spacial score (nSPS) is 23.3. The first-order valence-electron chi connectivity index (χ1n) is 6.49. The highest BCUT2D eigenvalue weighted by Gasteiger charge is 2.28. The lowest BCUT2D eigenvalue weighted by atomic mass is 10.2. The summed E-state index contributed by atoms with van der Waals surface area (Å²) in [7, 11) is 1.43. The number of carbonyl (C=O) groups excluding carboxylic acids is 1. The van der Waals surface area contributed by atoms with E-state index in [4.69, 9.17) is 4.98 Å². The summed E-state index contributed by atoms with van der Waals surface area (Å²) in [5.41, 5.74) is 1.02. The van der Waals surface area contributed by atoms with Crippen LogP contribution in [0.4, 0.5) is 0 Å².